The lowest BCUT2D eigenvalue weighted by molar-refractivity contribution is 0.170. The molecule has 0 unspecified atom stereocenters. The van der Waals surface area contributed by atoms with Crippen molar-refractivity contribution in [2.45, 2.75) is 31.8 Å². The number of benzene rings is 1. The quantitative estimate of drug-likeness (QED) is 0.712. The molecule has 0 spiro atoms. The maximum atomic E-state index is 5.76. The standard InChI is InChI=1S/C15H23NO3.ClH/c1-17-8-3-9-19-15-10-12(4-7-14(15)18-2)11-16-13-5-6-13;/h4,7,10,13,16H,3,5-6,8-9,11H2,1-2H3;1H. The van der Waals surface area contributed by atoms with Gasteiger partial charge in [-0.25, -0.2) is 0 Å². The molecule has 1 aromatic carbocycles. The third-order valence-electron chi connectivity index (χ3n) is 3.15. The topological polar surface area (TPSA) is 39.7 Å². The molecule has 0 bridgehead atoms. The second-order valence-electron chi connectivity index (χ2n) is 4.84. The molecule has 1 saturated carbocycles. The number of nitrogens with one attached hydrogen (secondary N) is 1. The summed E-state index contributed by atoms with van der Waals surface area (Å²) in [6, 6.07) is 6.82. The number of methoxy groups -OCH3 is 2. The van der Waals surface area contributed by atoms with Gasteiger partial charge in [0.2, 0.25) is 0 Å². The molecule has 5 heteroatoms. The van der Waals surface area contributed by atoms with E-state index in [-0.39, 0.29) is 12.4 Å². The van der Waals surface area contributed by atoms with Crippen LogP contribution >= 0.6 is 12.4 Å². The van der Waals surface area contributed by atoms with Crippen molar-refractivity contribution in [2.24, 2.45) is 0 Å². The molecule has 0 aromatic heterocycles. The Morgan fingerprint density at radius 3 is 2.60 bits per heavy atom. The van der Waals surface area contributed by atoms with E-state index in [0.717, 1.165) is 24.5 Å². The lowest BCUT2D eigenvalue weighted by atomic mass is 10.2. The Bertz CT molecular complexity index is 397. The van der Waals surface area contributed by atoms with Gasteiger partial charge in [0.25, 0.3) is 0 Å². The molecule has 20 heavy (non-hydrogen) atoms. The van der Waals surface area contributed by atoms with E-state index in [0.29, 0.717) is 19.3 Å². The SMILES string of the molecule is COCCCOc1cc(CNC2CC2)ccc1OC.Cl. The fourth-order valence-corrected chi connectivity index (χ4v) is 1.88. The van der Waals surface area contributed by atoms with E-state index in [1.165, 1.54) is 18.4 Å². The van der Waals surface area contributed by atoms with Crippen molar-refractivity contribution in [3.05, 3.63) is 23.8 Å². The Balaban J connectivity index is 0.00000200. The van der Waals surface area contributed by atoms with Gasteiger partial charge in [-0.3, -0.25) is 0 Å². The van der Waals surface area contributed by atoms with Gasteiger partial charge in [-0.15, -0.1) is 12.4 Å². The minimum absolute atomic E-state index is 0. The largest absolute Gasteiger partial charge is 0.493 e. The van der Waals surface area contributed by atoms with Gasteiger partial charge in [-0.1, -0.05) is 6.07 Å². The Kier molecular flexibility index (Phi) is 7.73. The zero-order valence-corrected chi connectivity index (χ0v) is 13.0. The molecule has 0 aliphatic heterocycles. The number of hydrogen-bond donors (Lipinski definition) is 1. The zero-order valence-electron chi connectivity index (χ0n) is 12.2. The summed E-state index contributed by atoms with van der Waals surface area (Å²) in [4.78, 5) is 0. The molecule has 114 valence electrons. The van der Waals surface area contributed by atoms with E-state index >= 15 is 0 Å². The molecular weight excluding hydrogens is 278 g/mol. The fraction of sp³-hybridized carbons (Fsp3) is 0.600. The molecule has 1 N–H and O–H groups in total. The monoisotopic (exact) mass is 301 g/mol. The van der Waals surface area contributed by atoms with E-state index in [1.807, 2.05) is 6.07 Å². The van der Waals surface area contributed by atoms with Crippen LogP contribution in [0.5, 0.6) is 11.5 Å². The first-order valence-electron chi connectivity index (χ1n) is 6.85. The van der Waals surface area contributed by atoms with Crippen LogP contribution < -0.4 is 14.8 Å². The third-order valence-corrected chi connectivity index (χ3v) is 3.15. The van der Waals surface area contributed by atoms with Gasteiger partial charge in [-0.2, -0.15) is 0 Å². The molecule has 0 radical (unpaired) electrons. The van der Waals surface area contributed by atoms with E-state index < -0.39 is 0 Å². The highest BCUT2D eigenvalue weighted by Crippen LogP contribution is 2.28. The van der Waals surface area contributed by atoms with Crippen LogP contribution in [0.1, 0.15) is 24.8 Å². The highest BCUT2D eigenvalue weighted by Gasteiger charge is 2.20. The van der Waals surface area contributed by atoms with Crippen molar-refractivity contribution in [1.29, 1.82) is 0 Å². The summed E-state index contributed by atoms with van der Waals surface area (Å²) < 4.78 is 16.1. The summed E-state index contributed by atoms with van der Waals surface area (Å²) in [6.45, 7) is 2.25. The maximum absolute atomic E-state index is 5.76. The van der Waals surface area contributed by atoms with Crippen LogP contribution in [0.4, 0.5) is 0 Å². The molecule has 0 atom stereocenters. The van der Waals surface area contributed by atoms with E-state index in [1.54, 1.807) is 14.2 Å². The van der Waals surface area contributed by atoms with Crippen LogP contribution in [0.25, 0.3) is 0 Å². The van der Waals surface area contributed by atoms with Crippen molar-refractivity contribution in [2.75, 3.05) is 27.4 Å². The first-order valence-corrected chi connectivity index (χ1v) is 6.85. The second-order valence-corrected chi connectivity index (χ2v) is 4.84. The normalized spacial score (nSPS) is 13.7. The van der Waals surface area contributed by atoms with Crippen molar-refractivity contribution >= 4 is 12.4 Å². The first kappa shape index (κ1) is 17.1. The van der Waals surface area contributed by atoms with Crippen LogP contribution in [-0.4, -0.2) is 33.5 Å². The molecule has 2 rings (SSSR count). The summed E-state index contributed by atoms with van der Waals surface area (Å²) in [5, 5.41) is 3.50. The van der Waals surface area contributed by atoms with E-state index in [4.69, 9.17) is 14.2 Å². The molecule has 4 nitrogen and oxygen atoms in total. The molecule has 1 fully saturated rings. The molecule has 0 amide bonds. The third kappa shape index (κ3) is 5.57. The molecular formula is C15H24ClNO3. The smallest absolute Gasteiger partial charge is 0.161 e. The van der Waals surface area contributed by atoms with Crippen molar-refractivity contribution in [1.82, 2.24) is 5.32 Å². The number of rotatable bonds is 9. The van der Waals surface area contributed by atoms with Gasteiger partial charge in [0.1, 0.15) is 0 Å². The van der Waals surface area contributed by atoms with Crippen LogP contribution in [0.3, 0.4) is 0 Å². The zero-order chi connectivity index (χ0) is 13.5. The molecule has 1 aliphatic rings. The summed E-state index contributed by atoms with van der Waals surface area (Å²) in [5.74, 6) is 1.60. The summed E-state index contributed by atoms with van der Waals surface area (Å²) in [7, 11) is 3.37. The Morgan fingerprint density at radius 2 is 1.95 bits per heavy atom. The van der Waals surface area contributed by atoms with Gasteiger partial charge >= 0.3 is 0 Å². The van der Waals surface area contributed by atoms with Crippen LogP contribution in [0.2, 0.25) is 0 Å². The van der Waals surface area contributed by atoms with Gasteiger partial charge in [0.15, 0.2) is 11.5 Å². The number of halogens is 1. The Labute approximate surface area is 127 Å². The maximum Gasteiger partial charge on any atom is 0.161 e. The average molecular weight is 302 g/mol. The second kappa shape index (κ2) is 9.06. The fourth-order valence-electron chi connectivity index (χ4n) is 1.88. The van der Waals surface area contributed by atoms with Crippen molar-refractivity contribution in [3.63, 3.8) is 0 Å². The highest BCUT2D eigenvalue weighted by molar-refractivity contribution is 5.85. The van der Waals surface area contributed by atoms with Gasteiger partial charge in [-0.05, 0) is 30.5 Å². The van der Waals surface area contributed by atoms with Crippen molar-refractivity contribution in [3.8, 4) is 11.5 Å². The van der Waals surface area contributed by atoms with Gasteiger partial charge < -0.3 is 19.5 Å². The summed E-state index contributed by atoms with van der Waals surface area (Å²) in [6.07, 6.45) is 3.48. The van der Waals surface area contributed by atoms with Gasteiger partial charge in [0.05, 0.1) is 13.7 Å². The first-order chi connectivity index (χ1) is 9.33. The molecule has 1 aliphatic carbocycles. The van der Waals surface area contributed by atoms with Crippen LogP contribution in [-0.2, 0) is 11.3 Å². The van der Waals surface area contributed by atoms with E-state index in [2.05, 4.69) is 17.4 Å². The molecule has 0 saturated heterocycles. The summed E-state index contributed by atoms with van der Waals surface area (Å²) in [5.41, 5.74) is 1.23. The van der Waals surface area contributed by atoms with Crippen LogP contribution in [0, 0.1) is 0 Å². The minimum atomic E-state index is 0. The Hall–Kier alpha value is -0.970. The summed E-state index contributed by atoms with van der Waals surface area (Å²) >= 11 is 0. The highest BCUT2D eigenvalue weighted by atomic mass is 35.5. The lowest BCUT2D eigenvalue weighted by Crippen LogP contribution is -2.15. The minimum Gasteiger partial charge on any atom is -0.493 e. The Morgan fingerprint density at radius 1 is 1.15 bits per heavy atom. The molecule has 1 aromatic rings. The van der Waals surface area contributed by atoms with Crippen LogP contribution in [0.15, 0.2) is 18.2 Å². The average Bonchev–Trinajstić information content (AvgIpc) is 3.26. The van der Waals surface area contributed by atoms with E-state index in [9.17, 15) is 0 Å². The predicted molar refractivity (Wildman–Crippen MR) is 82.1 cm³/mol. The molecule has 0 heterocycles. The number of hydrogen-bond acceptors (Lipinski definition) is 4. The lowest BCUT2D eigenvalue weighted by Gasteiger charge is -2.12. The van der Waals surface area contributed by atoms with Crippen molar-refractivity contribution < 1.29 is 14.2 Å². The predicted octanol–water partition coefficient (Wildman–Crippen LogP) is 2.78. The number of ether oxygens (including phenoxy) is 3. The van der Waals surface area contributed by atoms with Gasteiger partial charge in [0, 0.05) is 32.7 Å².